The first-order chi connectivity index (χ1) is 8.19. The van der Waals surface area contributed by atoms with Crippen LogP contribution in [0.3, 0.4) is 0 Å². The molecular weight excluding hydrogens is 212 g/mol. The number of hydrogen-bond donors (Lipinski definition) is 0. The van der Waals surface area contributed by atoms with E-state index in [4.69, 9.17) is 4.74 Å². The third-order valence-electron chi connectivity index (χ3n) is 3.98. The molecule has 1 rings (SSSR count). The Balaban J connectivity index is 2.45. The van der Waals surface area contributed by atoms with Gasteiger partial charge >= 0.3 is 0 Å². The first kappa shape index (κ1) is 14.7. The van der Waals surface area contributed by atoms with E-state index in [1.807, 2.05) is 0 Å². The van der Waals surface area contributed by atoms with Crippen LogP contribution in [0.15, 0.2) is 0 Å². The molecule has 0 aromatic carbocycles. The predicted molar refractivity (Wildman–Crippen MR) is 71.1 cm³/mol. The number of carbonyl (C=O) groups is 1. The van der Waals surface area contributed by atoms with Crippen LogP contribution in [0.5, 0.6) is 0 Å². The first-order valence-corrected chi connectivity index (χ1v) is 7.24. The summed E-state index contributed by atoms with van der Waals surface area (Å²) in [6, 6.07) is 0. The molecule has 0 N–H and O–H groups in total. The number of ketones is 1. The van der Waals surface area contributed by atoms with Crippen LogP contribution in [0.4, 0.5) is 0 Å². The van der Waals surface area contributed by atoms with E-state index in [-0.39, 0.29) is 6.10 Å². The Morgan fingerprint density at radius 2 is 1.94 bits per heavy atom. The van der Waals surface area contributed by atoms with Gasteiger partial charge in [0.2, 0.25) is 0 Å². The molecular formula is C15H28O2. The van der Waals surface area contributed by atoms with Crippen molar-refractivity contribution in [3.63, 3.8) is 0 Å². The largest absolute Gasteiger partial charge is 0.373 e. The highest BCUT2D eigenvalue weighted by Crippen LogP contribution is 2.29. The molecule has 0 radical (unpaired) electrons. The minimum Gasteiger partial charge on any atom is -0.373 e. The van der Waals surface area contributed by atoms with Gasteiger partial charge in [0.05, 0.1) is 0 Å². The molecule has 2 heteroatoms. The van der Waals surface area contributed by atoms with Crippen LogP contribution in [0, 0.1) is 11.8 Å². The van der Waals surface area contributed by atoms with E-state index in [1.165, 1.54) is 32.1 Å². The fraction of sp³-hybridized carbons (Fsp3) is 0.933. The normalized spacial score (nSPS) is 21.1. The summed E-state index contributed by atoms with van der Waals surface area (Å²) in [5.41, 5.74) is 0. The van der Waals surface area contributed by atoms with Crippen molar-refractivity contribution in [3.05, 3.63) is 0 Å². The first-order valence-electron chi connectivity index (χ1n) is 7.24. The third-order valence-corrected chi connectivity index (χ3v) is 3.98. The van der Waals surface area contributed by atoms with E-state index in [0.717, 1.165) is 12.8 Å². The Kier molecular flexibility index (Phi) is 6.79. The van der Waals surface area contributed by atoms with Crippen molar-refractivity contribution in [3.8, 4) is 0 Å². The number of hydrogen-bond acceptors (Lipinski definition) is 2. The number of carbonyl (C=O) groups excluding carboxylic acids is 1. The summed E-state index contributed by atoms with van der Waals surface area (Å²) < 4.78 is 5.48. The standard InChI is InChI=1S/C15H28O2/c1-4-8-12(2)11-14(16)15(17-3)13-9-6-5-7-10-13/h12-13,15H,4-11H2,1-3H3. The maximum atomic E-state index is 12.2. The summed E-state index contributed by atoms with van der Waals surface area (Å²) in [4.78, 5) is 12.2. The lowest BCUT2D eigenvalue weighted by Crippen LogP contribution is -2.33. The topological polar surface area (TPSA) is 26.3 Å². The molecule has 0 aromatic rings. The average Bonchev–Trinajstić information content (AvgIpc) is 2.31. The van der Waals surface area contributed by atoms with Crippen LogP contribution in [-0.4, -0.2) is 19.0 Å². The number of rotatable bonds is 7. The smallest absolute Gasteiger partial charge is 0.162 e. The van der Waals surface area contributed by atoms with Crippen LogP contribution in [0.1, 0.15) is 65.2 Å². The fourth-order valence-electron chi connectivity index (χ4n) is 3.08. The third kappa shape index (κ3) is 4.79. The molecule has 0 aliphatic heterocycles. The minimum absolute atomic E-state index is 0.130. The molecule has 17 heavy (non-hydrogen) atoms. The van der Waals surface area contributed by atoms with Crippen molar-refractivity contribution in [1.82, 2.24) is 0 Å². The molecule has 0 bridgehead atoms. The number of Topliss-reactive ketones (excluding diaryl/α,β-unsaturated/α-hetero) is 1. The maximum Gasteiger partial charge on any atom is 0.162 e. The molecule has 1 aliphatic rings. The second-order valence-corrected chi connectivity index (χ2v) is 5.62. The van der Waals surface area contributed by atoms with Gasteiger partial charge in [-0.1, -0.05) is 46.0 Å². The summed E-state index contributed by atoms with van der Waals surface area (Å²) in [7, 11) is 1.70. The molecule has 1 aliphatic carbocycles. The molecule has 2 nitrogen and oxygen atoms in total. The van der Waals surface area contributed by atoms with E-state index in [1.54, 1.807) is 7.11 Å². The summed E-state index contributed by atoms with van der Waals surface area (Å²) in [6.07, 6.45) is 9.08. The van der Waals surface area contributed by atoms with Gasteiger partial charge in [0.25, 0.3) is 0 Å². The van der Waals surface area contributed by atoms with Gasteiger partial charge in [-0.05, 0) is 24.7 Å². The number of methoxy groups -OCH3 is 1. The monoisotopic (exact) mass is 240 g/mol. The Bertz CT molecular complexity index is 219. The second-order valence-electron chi connectivity index (χ2n) is 5.62. The molecule has 2 atom stereocenters. The molecule has 1 fully saturated rings. The molecule has 0 amide bonds. The second kappa shape index (κ2) is 7.86. The Hall–Kier alpha value is -0.370. The highest BCUT2D eigenvalue weighted by atomic mass is 16.5. The molecule has 2 unspecified atom stereocenters. The van der Waals surface area contributed by atoms with Crippen molar-refractivity contribution in [1.29, 1.82) is 0 Å². The summed E-state index contributed by atoms with van der Waals surface area (Å²) in [5, 5.41) is 0. The number of ether oxygens (including phenoxy) is 1. The molecule has 1 saturated carbocycles. The highest BCUT2D eigenvalue weighted by Gasteiger charge is 2.29. The highest BCUT2D eigenvalue weighted by molar-refractivity contribution is 5.83. The van der Waals surface area contributed by atoms with E-state index < -0.39 is 0 Å². The van der Waals surface area contributed by atoms with Gasteiger partial charge in [0.15, 0.2) is 5.78 Å². The van der Waals surface area contributed by atoms with Gasteiger partial charge in [-0.2, -0.15) is 0 Å². The lowest BCUT2D eigenvalue weighted by atomic mass is 9.82. The van der Waals surface area contributed by atoms with Gasteiger partial charge in [0, 0.05) is 13.5 Å². The SMILES string of the molecule is CCCC(C)CC(=O)C(OC)C1CCCCC1. The summed E-state index contributed by atoms with van der Waals surface area (Å²) >= 11 is 0. The van der Waals surface area contributed by atoms with Crippen LogP contribution >= 0.6 is 0 Å². The van der Waals surface area contributed by atoms with E-state index in [0.29, 0.717) is 24.0 Å². The van der Waals surface area contributed by atoms with Gasteiger partial charge in [-0.3, -0.25) is 4.79 Å². The van der Waals surface area contributed by atoms with Crippen molar-refractivity contribution in [2.75, 3.05) is 7.11 Å². The molecule has 0 saturated heterocycles. The lowest BCUT2D eigenvalue weighted by molar-refractivity contribution is -0.133. The van der Waals surface area contributed by atoms with Crippen molar-refractivity contribution < 1.29 is 9.53 Å². The quantitative estimate of drug-likeness (QED) is 0.673. The van der Waals surface area contributed by atoms with Gasteiger partial charge < -0.3 is 4.74 Å². The average molecular weight is 240 g/mol. The van der Waals surface area contributed by atoms with Crippen LogP contribution in [0.2, 0.25) is 0 Å². The molecule has 0 aromatic heterocycles. The fourth-order valence-corrected chi connectivity index (χ4v) is 3.08. The van der Waals surface area contributed by atoms with Crippen LogP contribution in [-0.2, 0) is 9.53 Å². The summed E-state index contributed by atoms with van der Waals surface area (Å²) in [6.45, 7) is 4.35. The zero-order valence-electron chi connectivity index (χ0n) is 11.7. The van der Waals surface area contributed by atoms with Gasteiger partial charge in [-0.25, -0.2) is 0 Å². The Morgan fingerprint density at radius 1 is 1.29 bits per heavy atom. The van der Waals surface area contributed by atoms with Crippen molar-refractivity contribution in [2.45, 2.75) is 71.3 Å². The summed E-state index contributed by atoms with van der Waals surface area (Å²) in [5.74, 6) is 1.32. The van der Waals surface area contributed by atoms with E-state index in [2.05, 4.69) is 13.8 Å². The minimum atomic E-state index is -0.130. The zero-order chi connectivity index (χ0) is 12.7. The molecule has 100 valence electrons. The van der Waals surface area contributed by atoms with Crippen LogP contribution < -0.4 is 0 Å². The van der Waals surface area contributed by atoms with E-state index in [9.17, 15) is 4.79 Å². The van der Waals surface area contributed by atoms with E-state index >= 15 is 0 Å². The van der Waals surface area contributed by atoms with Crippen LogP contribution in [0.25, 0.3) is 0 Å². The Morgan fingerprint density at radius 3 is 2.47 bits per heavy atom. The van der Waals surface area contributed by atoms with Crippen molar-refractivity contribution in [2.24, 2.45) is 11.8 Å². The van der Waals surface area contributed by atoms with Gasteiger partial charge in [0.1, 0.15) is 6.10 Å². The molecule has 0 spiro atoms. The van der Waals surface area contributed by atoms with Gasteiger partial charge in [-0.15, -0.1) is 0 Å². The zero-order valence-corrected chi connectivity index (χ0v) is 11.7. The predicted octanol–water partition coefficient (Wildman–Crippen LogP) is 3.98. The lowest BCUT2D eigenvalue weighted by Gasteiger charge is -2.28. The Labute approximate surface area is 106 Å². The maximum absolute atomic E-state index is 12.2. The molecule has 0 heterocycles. The van der Waals surface area contributed by atoms with Crippen molar-refractivity contribution >= 4 is 5.78 Å².